The topological polar surface area (TPSA) is 86.5 Å². The van der Waals surface area contributed by atoms with Crippen LogP contribution < -0.4 is 21.3 Å². The molecule has 1 aliphatic heterocycles. The minimum Gasteiger partial charge on any atom is -0.380 e. The summed E-state index contributed by atoms with van der Waals surface area (Å²) in [6.07, 6.45) is 1.34. The normalized spacial score (nSPS) is 14.2. The van der Waals surface area contributed by atoms with E-state index in [9.17, 15) is 13.6 Å². The van der Waals surface area contributed by atoms with Gasteiger partial charge in [0.05, 0.1) is 11.3 Å². The maximum Gasteiger partial charge on any atom is 0.252 e. The average Bonchev–Trinajstić information content (AvgIpc) is 2.80. The van der Waals surface area contributed by atoms with Crippen LogP contribution in [0.1, 0.15) is 15.9 Å². The SMILES string of the molecule is CN1CCN(c2ccc(Nc3cc(NCc4c(F)cccc4F)c(C(N)=O)cn3)cc2)CC1. The Morgan fingerprint density at radius 1 is 1.06 bits per heavy atom. The summed E-state index contributed by atoms with van der Waals surface area (Å²) >= 11 is 0. The maximum absolute atomic E-state index is 14.0. The molecule has 0 radical (unpaired) electrons. The molecular weight excluding hydrogens is 426 g/mol. The molecule has 2 aromatic carbocycles. The molecule has 1 aliphatic rings. The number of benzene rings is 2. The Morgan fingerprint density at radius 2 is 1.73 bits per heavy atom. The molecule has 2 heterocycles. The lowest BCUT2D eigenvalue weighted by Gasteiger charge is -2.34. The zero-order valence-electron chi connectivity index (χ0n) is 18.3. The van der Waals surface area contributed by atoms with Gasteiger partial charge in [0.1, 0.15) is 17.5 Å². The summed E-state index contributed by atoms with van der Waals surface area (Å²) in [6.45, 7) is 3.88. The van der Waals surface area contributed by atoms with Crippen molar-refractivity contribution in [2.24, 2.45) is 5.73 Å². The first-order valence-corrected chi connectivity index (χ1v) is 10.7. The lowest BCUT2D eigenvalue weighted by molar-refractivity contribution is 0.100. The van der Waals surface area contributed by atoms with E-state index in [2.05, 4.69) is 32.5 Å². The van der Waals surface area contributed by atoms with Gasteiger partial charge in [-0.25, -0.2) is 13.8 Å². The number of nitrogens with one attached hydrogen (secondary N) is 2. The fourth-order valence-electron chi connectivity index (χ4n) is 3.72. The van der Waals surface area contributed by atoms with Gasteiger partial charge < -0.3 is 26.2 Å². The van der Waals surface area contributed by atoms with Gasteiger partial charge in [0.25, 0.3) is 5.91 Å². The summed E-state index contributed by atoms with van der Waals surface area (Å²) in [7, 11) is 2.12. The zero-order valence-corrected chi connectivity index (χ0v) is 18.3. The number of piperazine rings is 1. The van der Waals surface area contributed by atoms with E-state index in [1.807, 2.05) is 24.3 Å². The van der Waals surface area contributed by atoms with Gasteiger partial charge in [-0.15, -0.1) is 0 Å². The van der Waals surface area contributed by atoms with Crippen LogP contribution in [0.2, 0.25) is 0 Å². The minimum absolute atomic E-state index is 0.126. The first-order valence-electron chi connectivity index (χ1n) is 10.7. The van der Waals surface area contributed by atoms with Gasteiger partial charge in [0, 0.05) is 61.9 Å². The number of hydrogen-bond acceptors (Lipinski definition) is 6. The third-order valence-corrected chi connectivity index (χ3v) is 5.69. The van der Waals surface area contributed by atoms with Crippen molar-refractivity contribution in [1.82, 2.24) is 9.88 Å². The summed E-state index contributed by atoms with van der Waals surface area (Å²) in [5, 5.41) is 6.09. The van der Waals surface area contributed by atoms with E-state index < -0.39 is 17.5 Å². The van der Waals surface area contributed by atoms with Crippen molar-refractivity contribution in [3.63, 3.8) is 0 Å². The van der Waals surface area contributed by atoms with Crippen molar-refractivity contribution < 1.29 is 13.6 Å². The molecule has 7 nitrogen and oxygen atoms in total. The molecule has 0 saturated carbocycles. The van der Waals surface area contributed by atoms with E-state index in [0.29, 0.717) is 11.5 Å². The van der Waals surface area contributed by atoms with Crippen LogP contribution in [0.5, 0.6) is 0 Å². The highest BCUT2D eigenvalue weighted by molar-refractivity contribution is 5.98. The van der Waals surface area contributed by atoms with Gasteiger partial charge >= 0.3 is 0 Å². The predicted octanol–water partition coefficient (Wildman–Crippen LogP) is 3.57. The average molecular weight is 453 g/mol. The summed E-state index contributed by atoms with van der Waals surface area (Å²) in [6, 6.07) is 13.3. The molecule has 0 unspecified atom stereocenters. The molecule has 0 bridgehead atoms. The quantitative estimate of drug-likeness (QED) is 0.508. The van der Waals surface area contributed by atoms with Crippen molar-refractivity contribution in [3.8, 4) is 0 Å². The molecule has 1 saturated heterocycles. The summed E-state index contributed by atoms with van der Waals surface area (Å²) in [4.78, 5) is 20.7. The van der Waals surface area contributed by atoms with Gasteiger partial charge in [-0.2, -0.15) is 0 Å². The van der Waals surface area contributed by atoms with Gasteiger partial charge in [0.15, 0.2) is 0 Å². The van der Waals surface area contributed by atoms with E-state index in [0.717, 1.165) is 37.6 Å². The predicted molar refractivity (Wildman–Crippen MR) is 126 cm³/mol. The number of pyridine rings is 1. The van der Waals surface area contributed by atoms with Crippen molar-refractivity contribution in [3.05, 3.63) is 77.5 Å². The second kappa shape index (κ2) is 9.83. The van der Waals surface area contributed by atoms with E-state index in [-0.39, 0.29) is 17.7 Å². The first kappa shape index (κ1) is 22.5. The smallest absolute Gasteiger partial charge is 0.252 e. The number of primary amides is 1. The van der Waals surface area contributed by atoms with Crippen LogP contribution in [0.3, 0.4) is 0 Å². The Labute approximate surface area is 191 Å². The lowest BCUT2D eigenvalue weighted by atomic mass is 10.1. The number of hydrogen-bond donors (Lipinski definition) is 3. The van der Waals surface area contributed by atoms with Crippen LogP contribution in [0.15, 0.2) is 54.7 Å². The molecule has 3 aromatic rings. The van der Waals surface area contributed by atoms with Crippen LogP contribution in [0.4, 0.5) is 31.7 Å². The molecule has 0 spiro atoms. The molecule has 9 heteroatoms. The van der Waals surface area contributed by atoms with E-state index in [4.69, 9.17) is 5.73 Å². The third kappa shape index (κ3) is 5.38. The number of likely N-dealkylation sites (N-methyl/N-ethyl adjacent to an activating group) is 1. The molecule has 1 aromatic heterocycles. The van der Waals surface area contributed by atoms with E-state index >= 15 is 0 Å². The maximum atomic E-state index is 14.0. The van der Waals surface area contributed by atoms with Crippen LogP contribution in [-0.2, 0) is 6.54 Å². The van der Waals surface area contributed by atoms with Crippen molar-refractivity contribution >= 4 is 28.8 Å². The number of aromatic nitrogens is 1. The van der Waals surface area contributed by atoms with Crippen molar-refractivity contribution in [2.75, 3.05) is 48.8 Å². The molecule has 1 amide bonds. The highest BCUT2D eigenvalue weighted by Crippen LogP contribution is 2.25. The van der Waals surface area contributed by atoms with Crippen LogP contribution in [0.25, 0.3) is 0 Å². The highest BCUT2D eigenvalue weighted by atomic mass is 19.1. The molecule has 4 rings (SSSR count). The van der Waals surface area contributed by atoms with Gasteiger partial charge in [-0.3, -0.25) is 4.79 Å². The molecule has 4 N–H and O–H groups in total. The number of nitrogens with zero attached hydrogens (tertiary/aromatic N) is 3. The molecule has 33 heavy (non-hydrogen) atoms. The second-order valence-corrected chi connectivity index (χ2v) is 8.00. The van der Waals surface area contributed by atoms with Gasteiger partial charge in [0.2, 0.25) is 0 Å². The molecule has 172 valence electrons. The monoisotopic (exact) mass is 452 g/mol. The number of nitrogens with two attached hydrogens (primary N) is 1. The number of rotatable bonds is 7. The van der Waals surface area contributed by atoms with Gasteiger partial charge in [-0.1, -0.05) is 6.07 Å². The lowest BCUT2D eigenvalue weighted by Crippen LogP contribution is -2.44. The fraction of sp³-hybridized carbons (Fsp3) is 0.250. The zero-order chi connectivity index (χ0) is 23.4. The summed E-state index contributed by atoms with van der Waals surface area (Å²) in [5.41, 5.74) is 7.75. The van der Waals surface area contributed by atoms with Crippen molar-refractivity contribution in [1.29, 1.82) is 0 Å². The second-order valence-electron chi connectivity index (χ2n) is 8.00. The Kier molecular flexibility index (Phi) is 6.69. The number of carbonyl (C=O) groups is 1. The molecule has 1 fully saturated rings. The third-order valence-electron chi connectivity index (χ3n) is 5.69. The Hall–Kier alpha value is -3.72. The molecule has 0 atom stereocenters. The standard InChI is InChI=1S/C24H26F2N6O/c1-31-9-11-32(12-10-31)17-7-5-16(6-8-17)30-23-13-22(19(15-29-23)24(27)33)28-14-18-20(25)3-2-4-21(18)26/h2-8,13,15H,9-12,14H2,1H3,(H2,27,33)(H2,28,29,30). The highest BCUT2D eigenvalue weighted by Gasteiger charge is 2.15. The Balaban J connectivity index is 1.48. The van der Waals surface area contributed by atoms with Crippen LogP contribution >= 0.6 is 0 Å². The fourth-order valence-corrected chi connectivity index (χ4v) is 3.72. The Bertz CT molecular complexity index is 1110. The summed E-state index contributed by atoms with van der Waals surface area (Å²) < 4.78 is 27.9. The molecular formula is C24H26F2N6O. The number of halogens is 2. The van der Waals surface area contributed by atoms with E-state index in [1.165, 1.54) is 24.4 Å². The first-order chi connectivity index (χ1) is 15.9. The van der Waals surface area contributed by atoms with E-state index in [1.54, 1.807) is 6.07 Å². The largest absolute Gasteiger partial charge is 0.380 e. The number of carbonyl (C=O) groups excluding carboxylic acids is 1. The van der Waals surface area contributed by atoms with Crippen LogP contribution in [-0.4, -0.2) is 49.0 Å². The summed E-state index contributed by atoms with van der Waals surface area (Å²) in [5.74, 6) is -1.57. The Morgan fingerprint density at radius 3 is 2.36 bits per heavy atom. The molecule has 0 aliphatic carbocycles. The van der Waals surface area contributed by atoms with Crippen molar-refractivity contribution in [2.45, 2.75) is 6.54 Å². The minimum atomic E-state index is -0.693. The number of anilines is 4. The van der Waals surface area contributed by atoms with Crippen LogP contribution in [0, 0.1) is 11.6 Å². The number of amides is 1. The van der Waals surface area contributed by atoms with Gasteiger partial charge in [-0.05, 0) is 43.4 Å².